The minimum atomic E-state index is -2.64. The minimum Gasteiger partial charge on any atom is -0.466 e. The maximum absolute atomic E-state index is 12.1. The van der Waals surface area contributed by atoms with E-state index in [9.17, 15) is 13.2 Å². The van der Waals surface area contributed by atoms with Crippen LogP contribution >= 0.6 is 0 Å². The molecule has 0 aromatic carbocycles. The minimum absolute atomic E-state index is 0.197. The third kappa shape index (κ3) is 4.80. The van der Waals surface area contributed by atoms with Gasteiger partial charge in [0.25, 0.3) is 0 Å². The lowest BCUT2D eigenvalue weighted by molar-refractivity contribution is -0.153. The van der Waals surface area contributed by atoms with Crippen LogP contribution in [0.25, 0.3) is 0 Å². The molecule has 0 amide bonds. The SMILES string of the molecule is CCOC(=O)C(C)(CCn1cc(C2CCCC2)cn1)C[SH](=O)=O. The number of aromatic nitrogens is 2. The van der Waals surface area contributed by atoms with Crippen LogP contribution in [0.1, 0.15) is 57.4 Å². The number of thiol groups is 1. The van der Waals surface area contributed by atoms with Gasteiger partial charge in [-0.25, -0.2) is 8.42 Å². The Balaban J connectivity index is 2.01. The smallest absolute Gasteiger partial charge is 0.312 e. The van der Waals surface area contributed by atoms with Crippen molar-refractivity contribution in [3.05, 3.63) is 18.0 Å². The zero-order valence-corrected chi connectivity index (χ0v) is 14.8. The van der Waals surface area contributed by atoms with Gasteiger partial charge in [0.15, 0.2) is 0 Å². The van der Waals surface area contributed by atoms with Gasteiger partial charge < -0.3 is 4.74 Å². The van der Waals surface area contributed by atoms with Crippen molar-refractivity contribution in [2.24, 2.45) is 5.41 Å². The Labute approximate surface area is 139 Å². The van der Waals surface area contributed by atoms with E-state index in [0.29, 0.717) is 18.9 Å². The van der Waals surface area contributed by atoms with Gasteiger partial charge >= 0.3 is 5.97 Å². The van der Waals surface area contributed by atoms with Gasteiger partial charge in [-0.1, -0.05) is 12.8 Å². The average molecular weight is 342 g/mol. The van der Waals surface area contributed by atoms with Crippen LogP contribution in [-0.4, -0.2) is 36.5 Å². The van der Waals surface area contributed by atoms with Gasteiger partial charge in [-0.2, -0.15) is 5.10 Å². The molecule has 0 radical (unpaired) electrons. The van der Waals surface area contributed by atoms with E-state index in [1.807, 2.05) is 17.1 Å². The van der Waals surface area contributed by atoms with Gasteiger partial charge in [-0.05, 0) is 44.6 Å². The number of aryl methyl sites for hydroxylation is 1. The molecule has 1 atom stereocenters. The third-order valence-corrected chi connectivity index (χ3v) is 5.57. The van der Waals surface area contributed by atoms with Crippen LogP contribution in [0.2, 0.25) is 0 Å². The van der Waals surface area contributed by atoms with E-state index in [1.165, 1.54) is 31.2 Å². The Morgan fingerprint density at radius 3 is 2.74 bits per heavy atom. The zero-order valence-electron chi connectivity index (χ0n) is 13.9. The number of carbonyl (C=O) groups is 1. The van der Waals surface area contributed by atoms with Crippen LogP contribution in [0.4, 0.5) is 0 Å². The van der Waals surface area contributed by atoms with Crippen molar-refractivity contribution in [1.29, 1.82) is 0 Å². The lowest BCUT2D eigenvalue weighted by Crippen LogP contribution is -2.35. The van der Waals surface area contributed by atoms with Crippen LogP contribution < -0.4 is 0 Å². The molecule has 1 saturated carbocycles. The molecular formula is C16H26N2O4S. The van der Waals surface area contributed by atoms with Gasteiger partial charge in [0.05, 0.1) is 24.0 Å². The van der Waals surface area contributed by atoms with Gasteiger partial charge in [-0.15, -0.1) is 0 Å². The summed E-state index contributed by atoms with van der Waals surface area (Å²) in [5.74, 6) is -0.0588. The lowest BCUT2D eigenvalue weighted by Gasteiger charge is -2.24. The molecule has 6 nitrogen and oxygen atoms in total. The molecular weight excluding hydrogens is 316 g/mol. The molecule has 1 aliphatic carbocycles. The number of hydrogen-bond acceptors (Lipinski definition) is 5. The first-order valence-corrected chi connectivity index (χ1v) is 9.62. The zero-order chi connectivity index (χ0) is 16.9. The summed E-state index contributed by atoms with van der Waals surface area (Å²) in [5, 5.41) is 4.36. The topological polar surface area (TPSA) is 78.3 Å². The fraction of sp³-hybridized carbons (Fsp3) is 0.750. The molecule has 23 heavy (non-hydrogen) atoms. The molecule has 1 heterocycles. The highest BCUT2D eigenvalue weighted by molar-refractivity contribution is 7.72. The summed E-state index contributed by atoms with van der Waals surface area (Å²) in [6, 6.07) is 0. The highest BCUT2D eigenvalue weighted by Crippen LogP contribution is 2.34. The maximum Gasteiger partial charge on any atom is 0.312 e. The number of ether oxygens (including phenoxy) is 1. The summed E-state index contributed by atoms with van der Waals surface area (Å²) in [7, 11) is -2.64. The maximum atomic E-state index is 12.1. The fourth-order valence-electron chi connectivity index (χ4n) is 3.17. The third-order valence-electron chi connectivity index (χ3n) is 4.62. The summed E-state index contributed by atoms with van der Waals surface area (Å²) in [4.78, 5) is 12.1. The van der Waals surface area contributed by atoms with Crippen LogP contribution in [0.15, 0.2) is 12.4 Å². The van der Waals surface area contributed by atoms with E-state index in [2.05, 4.69) is 5.10 Å². The summed E-state index contributed by atoms with van der Waals surface area (Å²) in [6.45, 7) is 4.12. The summed E-state index contributed by atoms with van der Waals surface area (Å²) in [6.07, 6.45) is 9.28. The molecule has 1 aliphatic rings. The highest BCUT2D eigenvalue weighted by Gasteiger charge is 2.35. The molecule has 7 heteroatoms. The van der Waals surface area contributed by atoms with E-state index in [0.717, 1.165) is 0 Å². The van der Waals surface area contributed by atoms with Crippen molar-refractivity contribution in [1.82, 2.24) is 9.78 Å². The predicted octanol–water partition coefficient (Wildman–Crippen LogP) is 2.11. The largest absolute Gasteiger partial charge is 0.466 e. The van der Waals surface area contributed by atoms with E-state index in [-0.39, 0.29) is 12.4 Å². The van der Waals surface area contributed by atoms with Gasteiger partial charge in [-0.3, -0.25) is 9.48 Å². The van der Waals surface area contributed by atoms with E-state index in [4.69, 9.17) is 4.74 Å². The Kier molecular flexibility index (Phi) is 6.21. The van der Waals surface area contributed by atoms with Crippen molar-refractivity contribution >= 4 is 16.7 Å². The molecule has 1 aromatic rings. The Hall–Kier alpha value is -1.37. The Morgan fingerprint density at radius 1 is 1.43 bits per heavy atom. The van der Waals surface area contributed by atoms with Crippen LogP contribution in [-0.2, 0) is 26.8 Å². The predicted molar refractivity (Wildman–Crippen MR) is 88.0 cm³/mol. The van der Waals surface area contributed by atoms with Crippen LogP contribution in [0, 0.1) is 5.41 Å². The van der Waals surface area contributed by atoms with Gasteiger partial charge in [0, 0.05) is 12.7 Å². The van der Waals surface area contributed by atoms with E-state index >= 15 is 0 Å². The first-order valence-electron chi connectivity index (χ1n) is 8.26. The van der Waals surface area contributed by atoms with Crippen molar-refractivity contribution < 1.29 is 17.9 Å². The van der Waals surface area contributed by atoms with Gasteiger partial charge in [0.2, 0.25) is 0 Å². The molecule has 2 rings (SSSR count). The van der Waals surface area contributed by atoms with E-state index in [1.54, 1.807) is 13.8 Å². The first kappa shape index (κ1) is 18.0. The molecule has 1 fully saturated rings. The Bertz CT molecular complexity index is 597. The van der Waals surface area contributed by atoms with Crippen LogP contribution in [0.5, 0.6) is 0 Å². The summed E-state index contributed by atoms with van der Waals surface area (Å²) >= 11 is 0. The quantitative estimate of drug-likeness (QED) is 0.578. The van der Waals surface area contributed by atoms with Crippen LogP contribution in [0.3, 0.4) is 0 Å². The first-order chi connectivity index (χ1) is 10.9. The summed E-state index contributed by atoms with van der Waals surface area (Å²) in [5.41, 5.74) is 0.222. The normalized spacial score (nSPS) is 18.2. The van der Waals surface area contributed by atoms with Gasteiger partial charge in [0.1, 0.15) is 10.7 Å². The van der Waals surface area contributed by atoms with Crippen molar-refractivity contribution in [2.75, 3.05) is 12.4 Å². The number of carbonyl (C=O) groups excluding carboxylic acids is 1. The standard InChI is InChI=1S/C16H26N2O4S/c1-3-22-15(19)16(2,12-23(20)21)8-9-18-11-14(10-17-18)13-6-4-5-7-13/h10-11,13,23H,3-9,12H2,1-2H3. The van der Waals surface area contributed by atoms with Crippen molar-refractivity contribution in [2.45, 2.75) is 58.4 Å². The lowest BCUT2D eigenvalue weighted by atomic mass is 9.89. The number of esters is 1. The number of rotatable bonds is 8. The molecule has 0 bridgehead atoms. The number of nitrogens with zero attached hydrogens (tertiary/aromatic N) is 2. The van der Waals surface area contributed by atoms with Crippen molar-refractivity contribution in [3.8, 4) is 0 Å². The number of hydrogen-bond donors (Lipinski definition) is 1. The molecule has 0 N–H and O–H groups in total. The molecule has 1 aromatic heterocycles. The second-order valence-corrected chi connectivity index (χ2v) is 7.52. The molecule has 0 aliphatic heterocycles. The summed E-state index contributed by atoms with van der Waals surface area (Å²) < 4.78 is 29.1. The highest BCUT2D eigenvalue weighted by atomic mass is 32.2. The molecule has 0 spiro atoms. The molecule has 1 unspecified atom stereocenters. The fourth-order valence-corrected chi connectivity index (χ4v) is 4.03. The Morgan fingerprint density at radius 2 is 2.13 bits per heavy atom. The monoisotopic (exact) mass is 342 g/mol. The molecule has 0 saturated heterocycles. The molecule has 130 valence electrons. The average Bonchev–Trinajstić information content (AvgIpc) is 3.15. The second-order valence-electron chi connectivity index (χ2n) is 6.54. The van der Waals surface area contributed by atoms with Crippen molar-refractivity contribution in [3.63, 3.8) is 0 Å². The second kappa shape index (κ2) is 7.95. The van der Waals surface area contributed by atoms with E-state index < -0.39 is 22.1 Å².